The van der Waals surface area contributed by atoms with E-state index in [0.717, 1.165) is 35.9 Å². The molecule has 0 bridgehead atoms. The van der Waals surface area contributed by atoms with Gasteiger partial charge in [0.25, 0.3) is 5.91 Å². The van der Waals surface area contributed by atoms with Crippen molar-refractivity contribution in [3.05, 3.63) is 66.0 Å². The second-order valence-corrected chi connectivity index (χ2v) is 11.0. The molecular formula is C30H41N3O4. The molecule has 200 valence electrons. The van der Waals surface area contributed by atoms with Gasteiger partial charge in [0.2, 0.25) is 0 Å². The Bertz CT molecular complexity index is 1160. The van der Waals surface area contributed by atoms with Crippen LogP contribution in [0.15, 0.2) is 54.9 Å². The first kappa shape index (κ1) is 27.3. The Balaban J connectivity index is 1.48. The number of rotatable bonds is 7. The van der Waals surface area contributed by atoms with Crippen molar-refractivity contribution in [3.63, 3.8) is 0 Å². The Morgan fingerprint density at radius 3 is 2.73 bits per heavy atom. The highest BCUT2D eigenvalue weighted by molar-refractivity contribution is 5.97. The number of carbonyl (C=O) groups is 1. The lowest BCUT2D eigenvalue weighted by atomic mass is 9.73. The topological polar surface area (TPSA) is 96.6 Å². The lowest BCUT2D eigenvalue weighted by Gasteiger charge is -2.38. The van der Waals surface area contributed by atoms with E-state index in [9.17, 15) is 15.0 Å². The van der Waals surface area contributed by atoms with Crippen molar-refractivity contribution in [2.75, 3.05) is 20.3 Å². The maximum Gasteiger partial charge on any atom is 0.251 e. The predicted octanol–water partition coefficient (Wildman–Crippen LogP) is 4.52. The lowest BCUT2D eigenvalue weighted by molar-refractivity contribution is -0.0278. The Morgan fingerprint density at radius 2 is 1.97 bits per heavy atom. The highest BCUT2D eigenvalue weighted by atomic mass is 16.5. The number of nitrogens with zero attached hydrogens (tertiary/aromatic N) is 2. The number of hydrogen-bond acceptors (Lipinski definition) is 5. The molecule has 1 aromatic heterocycles. The van der Waals surface area contributed by atoms with Gasteiger partial charge in [0.1, 0.15) is 0 Å². The maximum atomic E-state index is 13.1. The molecule has 0 saturated heterocycles. The van der Waals surface area contributed by atoms with E-state index in [1.807, 2.05) is 47.9 Å². The normalized spacial score (nSPS) is 27.2. The molecule has 7 heteroatoms. The van der Waals surface area contributed by atoms with Crippen LogP contribution in [0.4, 0.5) is 0 Å². The van der Waals surface area contributed by atoms with E-state index in [1.165, 1.54) is 0 Å². The summed E-state index contributed by atoms with van der Waals surface area (Å²) in [6, 6.07) is 15.7. The zero-order valence-corrected chi connectivity index (χ0v) is 22.3. The zero-order valence-electron chi connectivity index (χ0n) is 22.3. The molecule has 37 heavy (non-hydrogen) atoms. The number of aliphatic hydroxyl groups excluding tert-OH is 1. The second kappa shape index (κ2) is 12.2. The van der Waals surface area contributed by atoms with E-state index in [1.54, 1.807) is 13.4 Å². The summed E-state index contributed by atoms with van der Waals surface area (Å²) in [4.78, 5) is 17.6. The number of nitrogens with one attached hydrogen (secondary N) is 1. The van der Waals surface area contributed by atoms with Gasteiger partial charge in [-0.3, -0.25) is 4.79 Å². The average molecular weight is 508 g/mol. The second-order valence-electron chi connectivity index (χ2n) is 11.0. The number of aliphatic hydroxyl groups is 2. The summed E-state index contributed by atoms with van der Waals surface area (Å²) < 4.78 is 7.17. The summed E-state index contributed by atoms with van der Waals surface area (Å²) in [5.74, 6) is 0.126. The van der Waals surface area contributed by atoms with Gasteiger partial charge in [-0.25, -0.2) is 4.98 Å². The third-order valence-electron chi connectivity index (χ3n) is 7.98. The highest BCUT2D eigenvalue weighted by Gasteiger charge is 2.37. The Morgan fingerprint density at radius 1 is 1.19 bits per heavy atom. The highest BCUT2D eigenvalue weighted by Crippen LogP contribution is 2.38. The lowest BCUT2D eigenvalue weighted by Crippen LogP contribution is -2.44. The van der Waals surface area contributed by atoms with Crippen LogP contribution < -0.4 is 5.32 Å². The first-order chi connectivity index (χ1) is 17.8. The largest absolute Gasteiger partial charge is 0.393 e. The number of methoxy groups -OCH3 is 1. The molecule has 1 amide bonds. The van der Waals surface area contributed by atoms with Crippen molar-refractivity contribution in [3.8, 4) is 0 Å². The van der Waals surface area contributed by atoms with Gasteiger partial charge in [-0.1, -0.05) is 43.7 Å². The van der Waals surface area contributed by atoms with Crippen LogP contribution in [-0.4, -0.2) is 57.6 Å². The van der Waals surface area contributed by atoms with E-state index >= 15 is 0 Å². The van der Waals surface area contributed by atoms with Gasteiger partial charge in [-0.2, -0.15) is 0 Å². The fraction of sp³-hybridized carbons (Fsp3) is 0.533. The van der Waals surface area contributed by atoms with Gasteiger partial charge in [-0.15, -0.1) is 0 Å². The van der Waals surface area contributed by atoms with Crippen LogP contribution >= 0.6 is 0 Å². The molecular weight excluding hydrogens is 466 g/mol. The molecule has 0 unspecified atom stereocenters. The number of ether oxygens (including phenoxy) is 1. The van der Waals surface area contributed by atoms with Crippen LogP contribution in [0, 0.1) is 11.8 Å². The summed E-state index contributed by atoms with van der Waals surface area (Å²) in [7, 11) is 1.67. The molecule has 3 N–H and O–H groups in total. The van der Waals surface area contributed by atoms with Crippen molar-refractivity contribution in [2.24, 2.45) is 11.8 Å². The minimum Gasteiger partial charge on any atom is -0.393 e. The number of imidazole rings is 1. The first-order valence-corrected chi connectivity index (χ1v) is 13.4. The molecule has 0 radical (unpaired) electrons. The van der Waals surface area contributed by atoms with Crippen molar-refractivity contribution in [1.29, 1.82) is 0 Å². The van der Waals surface area contributed by atoms with Gasteiger partial charge < -0.3 is 24.8 Å². The predicted molar refractivity (Wildman–Crippen MR) is 145 cm³/mol. The van der Waals surface area contributed by atoms with Gasteiger partial charge in [0.05, 0.1) is 35.7 Å². The van der Waals surface area contributed by atoms with Crippen molar-refractivity contribution in [1.82, 2.24) is 14.9 Å². The van der Waals surface area contributed by atoms with Gasteiger partial charge in [0, 0.05) is 31.7 Å². The summed E-state index contributed by atoms with van der Waals surface area (Å²) in [5.41, 5.74) is 2.44. The zero-order chi connectivity index (χ0) is 26.4. The Hall–Kier alpha value is -2.74. The maximum absolute atomic E-state index is 13.1. The minimum atomic E-state index is -0.991. The minimum absolute atomic E-state index is 0.0466. The molecule has 1 aliphatic rings. The number of aromatic nitrogens is 2. The molecule has 5 atom stereocenters. The van der Waals surface area contributed by atoms with Crippen molar-refractivity contribution >= 4 is 16.9 Å². The van der Waals surface area contributed by atoms with Crippen LogP contribution in [0.5, 0.6) is 0 Å². The van der Waals surface area contributed by atoms with Gasteiger partial charge in [0.15, 0.2) is 0 Å². The SMILES string of the molecule is COCCn1cnc2cc(C(=O)NC[C@@H]3CC[C@@H](C)C[C@H](O)C[C@@H](c4ccccc4)C[C@@]3(C)O)ccc21. The first-order valence-electron chi connectivity index (χ1n) is 13.4. The molecule has 1 heterocycles. The Kier molecular flexibility index (Phi) is 9.00. The number of carbonyl (C=O) groups excluding carboxylic acids is 1. The van der Waals surface area contributed by atoms with Crippen LogP contribution in [0.1, 0.15) is 67.8 Å². The smallest absolute Gasteiger partial charge is 0.251 e. The molecule has 3 aromatic rings. The van der Waals surface area contributed by atoms with Gasteiger partial charge >= 0.3 is 0 Å². The van der Waals surface area contributed by atoms with Crippen LogP contribution in [0.2, 0.25) is 0 Å². The third-order valence-corrected chi connectivity index (χ3v) is 7.98. The summed E-state index contributed by atoms with van der Waals surface area (Å²) in [6.07, 6.45) is 4.97. The molecule has 0 spiro atoms. The molecule has 0 aliphatic heterocycles. The fourth-order valence-electron chi connectivity index (χ4n) is 5.74. The van der Waals surface area contributed by atoms with E-state index < -0.39 is 5.60 Å². The fourth-order valence-corrected chi connectivity index (χ4v) is 5.74. The molecule has 2 aromatic carbocycles. The quantitative estimate of drug-likeness (QED) is 0.437. The number of hydrogen-bond donors (Lipinski definition) is 3. The molecule has 1 saturated carbocycles. The van der Waals surface area contributed by atoms with Crippen molar-refractivity contribution in [2.45, 2.75) is 70.1 Å². The van der Waals surface area contributed by atoms with Gasteiger partial charge in [-0.05, 0) is 68.2 Å². The monoisotopic (exact) mass is 507 g/mol. The van der Waals surface area contributed by atoms with Crippen LogP contribution in [-0.2, 0) is 11.3 Å². The average Bonchev–Trinajstić information content (AvgIpc) is 3.28. The van der Waals surface area contributed by atoms with Crippen LogP contribution in [0.3, 0.4) is 0 Å². The molecule has 1 aliphatic carbocycles. The molecule has 4 rings (SSSR count). The number of amides is 1. The van der Waals surface area contributed by atoms with E-state index in [2.05, 4.69) is 29.4 Å². The number of fused-ring (bicyclic) bond motifs is 1. The van der Waals surface area contributed by atoms with E-state index in [4.69, 9.17) is 4.74 Å². The van der Waals surface area contributed by atoms with Crippen molar-refractivity contribution < 1.29 is 19.7 Å². The standard InChI is InChI=1S/C30H41N3O4/c1-21-9-11-25(30(2,36)18-24(16-26(34)15-21)22-7-5-4-6-8-22)19-31-29(35)23-10-12-28-27(17-23)32-20-33(28)13-14-37-3/h4-8,10,12,17,20-21,24-26,34,36H,9,11,13-16,18-19H2,1-3H3,(H,31,35)/t21-,24-,25+,26+,30-/m1/s1. The van der Waals surface area contributed by atoms with E-state index in [0.29, 0.717) is 44.0 Å². The molecule has 1 fully saturated rings. The summed E-state index contributed by atoms with van der Waals surface area (Å²) >= 11 is 0. The van der Waals surface area contributed by atoms with E-state index in [-0.39, 0.29) is 23.8 Å². The Labute approximate surface area is 219 Å². The third kappa shape index (κ3) is 6.98. The molecule has 7 nitrogen and oxygen atoms in total. The summed E-state index contributed by atoms with van der Waals surface area (Å²) in [6.45, 7) is 5.74. The van der Waals surface area contributed by atoms with Crippen LogP contribution in [0.25, 0.3) is 11.0 Å². The number of benzene rings is 2. The summed E-state index contributed by atoms with van der Waals surface area (Å²) in [5, 5.41) is 25.5.